The van der Waals surface area contributed by atoms with Crippen LogP contribution in [0.1, 0.15) is 12.0 Å². The lowest BCUT2D eigenvalue weighted by Crippen LogP contribution is -2.43. The number of rotatable bonds is 9. The van der Waals surface area contributed by atoms with Crippen molar-refractivity contribution in [1.82, 2.24) is 15.5 Å². The first kappa shape index (κ1) is 25.7. The van der Waals surface area contributed by atoms with Crippen molar-refractivity contribution in [3.63, 3.8) is 0 Å². The molecule has 0 aliphatic carbocycles. The molecule has 0 aliphatic heterocycles. The molecular weight excluding hydrogens is 496 g/mol. The average molecular weight is 527 g/mol. The van der Waals surface area contributed by atoms with Crippen molar-refractivity contribution in [2.24, 2.45) is 4.99 Å². The van der Waals surface area contributed by atoms with Crippen molar-refractivity contribution >= 4 is 41.5 Å². The van der Waals surface area contributed by atoms with Crippen molar-refractivity contribution in [3.8, 4) is 0 Å². The molecule has 0 aliphatic rings. The van der Waals surface area contributed by atoms with E-state index in [1.165, 1.54) is 22.7 Å². The van der Waals surface area contributed by atoms with E-state index in [-0.39, 0.29) is 42.2 Å². The first-order chi connectivity index (χ1) is 14.0. The highest BCUT2D eigenvalue weighted by Gasteiger charge is 2.06. The Kier molecular flexibility index (Phi) is 11.8. The number of anilines is 1. The molecule has 0 aromatic heterocycles. The molecule has 164 valence electrons. The van der Waals surface area contributed by atoms with E-state index in [0.29, 0.717) is 19.0 Å². The molecule has 2 N–H and O–H groups in total. The normalized spacial score (nSPS) is 10.7. The van der Waals surface area contributed by atoms with Gasteiger partial charge in [-0.25, -0.2) is 9.38 Å². The maximum absolute atomic E-state index is 13.4. The topological polar surface area (TPSA) is 60.0 Å². The smallest absolute Gasteiger partial charge is 0.241 e. The Morgan fingerprint density at radius 2 is 1.77 bits per heavy atom. The fourth-order valence-electron chi connectivity index (χ4n) is 2.63. The number of carbonyl (C=O) groups excluding carboxylic acids is 1. The van der Waals surface area contributed by atoms with Gasteiger partial charge in [-0.2, -0.15) is 0 Å². The van der Waals surface area contributed by atoms with Crippen molar-refractivity contribution in [2.45, 2.75) is 13.0 Å². The largest absolute Gasteiger partial charge is 0.375 e. The van der Waals surface area contributed by atoms with Gasteiger partial charge in [0.05, 0.1) is 13.1 Å². The second-order valence-electron chi connectivity index (χ2n) is 6.97. The second-order valence-corrected chi connectivity index (χ2v) is 6.97. The Hall–Kier alpha value is -2.36. The summed E-state index contributed by atoms with van der Waals surface area (Å²) >= 11 is 0. The summed E-state index contributed by atoms with van der Waals surface area (Å²) in [5, 5.41) is 6.30. The number of para-hydroxylation sites is 1. The summed E-state index contributed by atoms with van der Waals surface area (Å²) in [6.45, 7) is 2.05. The average Bonchev–Trinajstić information content (AvgIpc) is 2.72. The Bertz CT molecular complexity index is 801. The van der Waals surface area contributed by atoms with Crippen LogP contribution in [0.4, 0.5) is 10.1 Å². The highest BCUT2D eigenvalue weighted by atomic mass is 127. The van der Waals surface area contributed by atoms with Crippen LogP contribution in [0.2, 0.25) is 0 Å². The fourth-order valence-corrected chi connectivity index (χ4v) is 2.63. The maximum Gasteiger partial charge on any atom is 0.241 e. The molecule has 0 unspecified atom stereocenters. The van der Waals surface area contributed by atoms with E-state index in [1.807, 2.05) is 24.3 Å². The van der Waals surface area contributed by atoms with E-state index in [2.05, 4.69) is 39.7 Å². The van der Waals surface area contributed by atoms with Gasteiger partial charge in [-0.3, -0.25) is 4.79 Å². The van der Waals surface area contributed by atoms with Crippen LogP contribution < -0.4 is 15.5 Å². The van der Waals surface area contributed by atoms with Gasteiger partial charge in [-0.15, -0.1) is 24.0 Å². The third-order valence-electron chi connectivity index (χ3n) is 4.37. The number of likely N-dealkylation sites (N-methyl/N-ethyl adjacent to an activating group) is 1. The molecule has 8 heteroatoms. The number of guanidine groups is 1. The van der Waals surface area contributed by atoms with Crippen molar-refractivity contribution < 1.29 is 9.18 Å². The first-order valence-electron chi connectivity index (χ1n) is 9.68. The molecular formula is C22H31FIN5O. The lowest BCUT2D eigenvalue weighted by Gasteiger charge is -2.20. The van der Waals surface area contributed by atoms with Gasteiger partial charge < -0.3 is 20.4 Å². The lowest BCUT2D eigenvalue weighted by atomic mass is 10.2. The van der Waals surface area contributed by atoms with Gasteiger partial charge >= 0.3 is 0 Å². The van der Waals surface area contributed by atoms with E-state index < -0.39 is 0 Å². The molecule has 0 heterocycles. The van der Waals surface area contributed by atoms with Crippen LogP contribution in [0.15, 0.2) is 59.6 Å². The Labute approximate surface area is 195 Å². The number of halogens is 2. The fraction of sp³-hybridized carbons (Fsp3) is 0.364. The summed E-state index contributed by atoms with van der Waals surface area (Å²) in [7, 11) is 5.48. The highest BCUT2D eigenvalue weighted by Crippen LogP contribution is 2.10. The number of carbonyl (C=O) groups is 1. The molecule has 6 nitrogen and oxygen atoms in total. The van der Waals surface area contributed by atoms with Crippen LogP contribution in [0.5, 0.6) is 0 Å². The zero-order valence-corrected chi connectivity index (χ0v) is 20.1. The maximum atomic E-state index is 13.4. The van der Waals surface area contributed by atoms with Crippen LogP contribution in [-0.2, 0) is 11.3 Å². The second kappa shape index (κ2) is 13.8. The molecule has 0 bridgehead atoms. The number of nitrogens with one attached hydrogen (secondary N) is 2. The number of amides is 1. The van der Waals surface area contributed by atoms with Crippen LogP contribution in [-0.4, -0.2) is 57.5 Å². The van der Waals surface area contributed by atoms with E-state index in [1.54, 1.807) is 20.2 Å². The number of hydrogen-bond acceptors (Lipinski definition) is 3. The van der Waals surface area contributed by atoms with Gasteiger partial charge in [-0.1, -0.05) is 30.3 Å². The predicted octanol–water partition coefficient (Wildman–Crippen LogP) is 3.09. The minimum atomic E-state index is -0.285. The molecule has 0 atom stereocenters. The molecule has 0 saturated heterocycles. The van der Waals surface area contributed by atoms with E-state index in [4.69, 9.17) is 0 Å². The molecule has 0 radical (unpaired) electrons. The monoisotopic (exact) mass is 527 g/mol. The zero-order valence-electron chi connectivity index (χ0n) is 17.8. The SMILES string of the molecule is CN(C)C(=O)CNC(=NCc1cccc(F)c1)NCCCN(C)c1ccccc1.I. The molecule has 2 aromatic carbocycles. The molecule has 0 spiro atoms. The third kappa shape index (κ3) is 9.43. The Morgan fingerprint density at radius 3 is 2.43 bits per heavy atom. The Morgan fingerprint density at radius 1 is 1.03 bits per heavy atom. The van der Waals surface area contributed by atoms with Crippen molar-refractivity contribution in [3.05, 3.63) is 66.0 Å². The van der Waals surface area contributed by atoms with Gasteiger partial charge in [0.1, 0.15) is 5.82 Å². The first-order valence-corrected chi connectivity index (χ1v) is 9.68. The van der Waals surface area contributed by atoms with E-state index in [0.717, 1.165) is 18.5 Å². The van der Waals surface area contributed by atoms with E-state index in [9.17, 15) is 9.18 Å². The zero-order chi connectivity index (χ0) is 21.1. The van der Waals surface area contributed by atoms with Crippen LogP contribution in [0.3, 0.4) is 0 Å². The molecule has 1 amide bonds. The van der Waals surface area contributed by atoms with Gasteiger partial charge in [-0.05, 0) is 36.2 Å². The molecule has 30 heavy (non-hydrogen) atoms. The summed E-state index contributed by atoms with van der Waals surface area (Å²) in [6, 6.07) is 16.5. The van der Waals surface area contributed by atoms with Crippen molar-refractivity contribution in [1.29, 1.82) is 0 Å². The third-order valence-corrected chi connectivity index (χ3v) is 4.37. The van der Waals surface area contributed by atoms with Gasteiger partial charge in [0.2, 0.25) is 5.91 Å². The number of hydrogen-bond donors (Lipinski definition) is 2. The molecule has 2 aromatic rings. The van der Waals surface area contributed by atoms with Crippen LogP contribution in [0.25, 0.3) is 0 Å². The molecule has 2 rings (SSSR count). The summed E-state index contributed by atoms with van der Waals surface area (Å²) in [6.07, 6.45) is 0.897. The van der Waals surface area contributed by atoms with Crippen LogP contribution in [0, 0.1) is 5.82 Å². The summed E-state index contributed by atoms with van der Waals surface area (Å²) < 4.78 is 13.4. The summed E-state index contributed by atoms with van der Waals surface area (Å²) in [5.41, 5.74) is 1.94. The predicted molar refractivity (Wildman–Crippen MR) is 132 cm³/mol. The van der Waals surface area contributed by atoms with E-state index >= 15 is 0 Å². The minimum Gasteiger partial charge on any atom is -0.375 e. The number of benzene rings is 2. The van der Waals surface area contributed by atoms with Crippen LogP contribution >= 0.6 is 24.0 Å². The number of aliphatic imine (C=N–C) groups is 1. The summed E-state index contributed by atoms with van der Waals surface area (Å²) in [5.74, 6) is 0.202. The molecule has 0 saturated carbocycles. The van der Waals surface area contributed by atoms with Gasteiger partial charge in [0.25, 0.3) is 0 Å². The quantitative estimate of drug-likeness (QED) is 0.228. The standard InChI is InChI=1S/C22H30FN5O.HI/c1-27(2)21(29)17-26-22(25-16-18-9-7-10-19(23)15-18)24-13-8-14-28(3)20-11-5-4-6-12-20;/h4-7,9-12,15H,8,13-14,16-17H2,1-3H3,(H2,24,25,26);1H. The van der Waals surface area contributed by atoms with Crippen molar-refractivity contribution in [2.75, 3.05) is 45.7 Å². The minimum absolute atomic E-state index is 0. The number of nitrogens with zero attached hydrogens (tertiary/aromatic N) is 3. The lowest BCUT2D eigenvalue weighted by molar-refractivity contribution is -0.127. The highest BCUT2D eigenvalue weighted by molar-refractivity contribution is 14.0. The van der Waals surface area contributed by atoms with Gasteiger partial charge in [0, 0.05) is 39.9 Å². The molecule has 0 fully saturated rings. The Balaban J connectivity index is 0.00000450. The van der Waals surface area contributed by atoms with Gasteiger partial charge in [0.15, 0.2) is 5.96 Å². The summed E-state index contributed by atoms with van der Waals surface area (Å²) in [4.78, 5) is 20.1.